The van der Waals surface area contributed by atoms with Crippen molar-refractivity contribution in [1.82, 2.24) is 20.2 Å². The third-order valence-electron chi connectivity index (χ3n) is 3.28. The molecule has 6 nitrogen and oxygen atoms in total. The molecule has 6 heteroatoms. The molecular formula is C12H20N4O2. The van der Waals surface area contributed by atoms with Gasteiger partial charge in [-0.15, -0.1) is 0 Å². The Morgan fingerprint density at radius 3 is 3.06 bits per heavy atom. The van der Waals surface area contributed by atoms with Gasteiger partial charge in [0.1, 0.15) is 5.82 Å². The summed E-state index contributed by atoms with van der Waals surface area (Å²) in [5.74, 6) is 0.848. The van der Waals surface area contributed by atoms with Crippen LogP contribution in [0.4, 0.5) is 0 Å². The van der Waals surface area contributed by atoms with Crippen LogP contribution < -0.4 is 5.32 Å². The maximum atomic E-state index is 11.1. The van der Waals surface area contributed by atoms with E-state index < -0.39 is 6.10 Å². The molecule has 3 N–H and O–H groups in total. The number of H-pyrrole nitrogens is 1. The molecule has 0 bridgehead atoms. The van der Waals surface area contributed by atoms with Gasteiger partial charge in [-0.2, -0.15) is 0 Å². The predicted octanol–water partition coefficient (Wildman–Crippen LogP) is -0.129. The topological polar surface area (TPSA) is 81.2 Å². The zero-order valence-electron chi connectivity index (χ0n) is 10.6. The Hall–Kier alpha value is -1.40. The van der Waals surface area contributed by atoms with E-state index in [0.717, 1.165) is 31.9 Å². The van der Waals surface area contributed by atoms with Crippen molar-refractivity contribution in [3.8, 4) is 0 Å². The molecule has 2 atom stereocenters. The lowest BCUT2D eigenvalue weighted by molar-refractivity contribution is -0.120. The number of nitrogens with zero attached hydrogens (tertiary/aromatic N) is 2. The largest absolute Gasteiger partial charge is 0.391 e. The summed E-state index contributed by atoms with van der Waals surface area (Å²) >= 11 is 0. The van der Waals surface area contributed by atoms with Crippen LogP contribution in [0.15, 0.2) is 12.4 Å². The van der Waals surface area contributed by atoms with Gasteiger partial charge in [0.15, 0.2) is 0 Å². The molecule has 1 aliphatic heterocycles. The van der Waals surface area contributed by atoms with Crippen molar-refractivity contribution in [2.45, 2.75) is 38.5 Å². The number of hydrogen-bond acceptors (Lipinski definition) is 4. The minimum absolute atomic E-state index is 0.0847. The summed E-state index contributed by atoms with van der Waals surface area (Å²) < 4.78 is 0. The van der Waals surface area contributed by atoms with Gasteiger partial charge in [-0.3, -0.25) is 9.69 Å². The van der Waals surface area contributed by atoms with Gasteiger partial charge in [0.2, 0.25) is 5.91 Å². The Morgan fingerprint density at radius 2 is 2.39 bits per heavy atom. The van der Waals surface area contributed by atoms with Gasteiger partial charge in [0.05, 0.1) is 18.7 Å². The number of nitrogens with one attached hydrogen (secondary N) is 2. The number of aliphatic hydroxyl groups excluding tert-OH is 1. The van der Waals surface area contributed by atoms with Crippen LogP contribution in [-0.2, 0) is 11.3 Å². The van der Waals surface area contributed by atoms with Gasteiger partial charge in [-0.25, -0.2) is 4.98 Å². The molecule has 0 saturated carbocycles. The molecule has 2 rings (SSSR count). The maximum absolute atomic E-state index is 11.1. The normalized spacial score (nSPS) is 25.7. The van der Waals surface area contributed by atoms with Gasteiger partial charge in [-0.05, 0) is 12.8 Å². The highest BCUT2D eigenvalue weighted by atomic mass is 16.3. The third-order valence-corrected chi connectivity index (χ3v) is 3.28. The van der Waals surface area contributed by atoms with E-state index in [0.29, 0.717) is 6.42 Å². The Labute approximate surface area is 106 Å². The van der Waals surface area contributed by atoms with Gasteiger partial charge < -0.3 is 15.4 Å². The van der Waals surface area contributed by atoms with Crippen LogP contribution >= 0.6 is 0 Å². The minimum atomic E-state index is -0.462. The molecule has 0 unspecified atom stereocenters. The zero-order chi connectivity index (χ0) is 13.0. The number of aliphatic hydroxyl groups is 1. The van der Waals surface area contributed by atoms with Crippen LogP contribution in [-0.4, -0.2) is 51.1 Å². The molecular weight excluding hydrogens is 232 g/mol. The molecule has 0 spiro atoms. The van der Waals surface area contributed by atoms with Gasteiger partial charge in [0, 0.05) is 32.4 Å². The first-order valence-electron chi connectivity index (χ1n) is 6.31. The highest BCUT2D eigenvalue weighted by molar-refractivity contribution is 5.73. The average molecular weight is 252 g/mol. The van der Waals surface area contributed by atoms with Crippen LogP contribution in [0.25, 0.3) is 0 Å². The summed E-state index contributed by atoms with van der Waals surface area (Å²) in [6.45, 7) is 3.91. The second-order valence-corrected chi connectivity index (χ2v) is 4.76. The van der Waals surface area contributed by atoms with Crippen molar-refractivity contribution >= 4 is 5.91 Å². The molecule has 100 valence electrons. The number of hydrogen-bond donors (Lipinski definition) is 3. The molecule has 18 heavy (non-hydrogen) atoms. The molecule has 0 aliphatic carbocycles. The summed E-state index contributed by atoms with van der Waals surface area (Å²) in [7, 11) is 0. The number of aromatic nitrogens is 2. The van der Waals surface area contributed by atoms with E-state index in [-0.39, 0.29) is 11.9 Å². The lowest BCUT2D eigenvalue weighted by Gasteiger charge is -2.20. The Balaban J connectivity index is 1.88. The Morgan fingerprint density at radius 1 is 1.61 bits per heavy atom. The first kappa shape index (κ1) is 13.0. The number of aromatic amines is 1. The van der Waals surface area contributed by atoms with Crippen LogP contribution in [0.5, 0.6) is 0 Å². The van der Waals surface area contributed by atoms with Crippen LogP contribution in [0, 0.1) is 0 Å². The van der Waals surface area contributed by atoms with E-state index in [2.05, 4.69) is 20.2 Å². The fraction of sp³-hybridized carbons (Fsp3) is 0.667. The fourth-order valence-corrected chi connectivity index (χ4v) is 2.33. The Kier molecular flexibility index (Phi) is 4.33. The Bertz CT molecular complexity index is 379. The maximum Gasteiger partial charge on any atom is 0.217 e. The summed E-state index contributed by atoms with van der Waals surface area (Å²) in [6.07, 6.45) is 4.52. The van der Waals surface area contributed by atoms with Crippen molar-refractivity contribution < 1.29 is 9.90 Å². The van der Waals surface area contributed by atoms with Crippen LogP contribution in [0.3, 0.4) is 0 Å². The van der Waals surface area contributed by atoms with Crippen molar-refractivity contribution in [1.29, 1.82) is 0 Å². The predicted molar refractivity (Wildman–Crippen MR) is 66.7 cm³/mol. The molecule has 1 fully saturated rings. The molecule has 0 aromatic carbocycles. The van der Waals surface area contributed by atoms with Gasteiger partial charge in [-0.1, -0.05) is 0 Å². The number of likely N-dealkylation sites (tertiary alicyclic amines) is 1. The highest BCUT2D eigenvalue weighted by Crippen LogP contribution is 2.13. The molecule has 2 heterocycles. The number of rotatable bonds is 3. The van der Waals surface area contributed by atoms with E-state index in [4.69, 9.17) is 0 Å². The molecule has 1 amide bonds. The average Bonchev–Trinajstić information content (AvgIpc) is 2.76. The zero-order valence-corrected chi connectivity index (χ0v) is 10.6. The molecule has 0 radical (unpaired) electrons. The summed E-state index contributed by atoms with van der Waals surface area (Å²) in [4.78, 5) is 20.6. The van der Waals surface area contributed by atoms with Crippen molar-refractivity contribution in [2.24, 2.45) is 0 Å². The quantitative estimate of drug-likeness (QED) is 0.700. The lowest BCUT2D eigenvalue weighted by atomic mass is 10.1. The second-order valence-electron chi connectivity index (χ2n) is 4.76. The van der Waals surface area contributed by atoms with Crippen molar-refractivity contribution in [3.05, 3.63) is 18.2 Å². The molecule has 1 saturated heterocycles. The summed E-state index contributed by atoms with van der Waals surface area (Å²) in [5.41, 5.74) is 0. The standard InChI is InChI=1S/C12H20N4O2/c1-9(17)15-10-2-6-16(7-3-11(10)18)8-12-13-4-5-14-12/h4-5,10-11,18H,2-3,6-8H2,1H3,(H,13,14)(H,15,17)/t10-,11-/m0/s1. The second kappa shape index (κ2) is 5.97. The number of carbonyl (C=O) groups is 1. The van der Waals surface area contributed by atoms with E-state index in [9.17, 15) is 9.90 Å². The van der Waals surface area contributed by atoms with Crippen LogP contribution in [0.2, 0.25) is 0 Å². The number of imidazole rings is 1. The van der Waals surface area contributed by atoms with Crippen molar-refractivity contribution in [3.63, 3.8) is 0 Å². The van der Waals surface area contributed by atoms with Crippen LogP contribution in [0.1, 0.15) is 25.6 Å². The molecule has 1 aromatic heterocycles. The molecule has 1 aliphatic rings. The van der Waals surface area contributed by atoms with E-state index in [1.54, 1.807) is 6.20 Å². The van der Waals surface area contributed by atoms with Gasteiger partial charge in [0.25, 0.3) is 0 Å². The minimum Gasteiger partial charge on any atom is -0.391 e. The monoisotopic (exact) mass is 252 g/mol. The number of amides is 1. The summed E-state index contributed by atoms with van der Waals surface area (Å²) in [6, 6.07) is -0.135. The summed E-state index contributed by atoms with van der Waals surface area (Å²) in [5, 5.41) is 12.8. The van der Waals surface area contributed by atoms with E-state index in [1.165, 1.54) is 6.92 Å². The molecule has 1 aromatic rings. The van der Waals surface area contributed by atoms with Crippen molar-refractivity contribution in [2.75, 3.05) is 13.1 Å². The first-order valence-corrected chi connectivity index (χ1v) is 6.31. The number of carbonyl (C=O) groups excluding carboxylic acids is 1. The smallest absolute Gasteiger partial charge is 0.217 e. The third kappa shape index (κ3) is 3.54. The first-order chi connectivity index (χ1) is 8.65. The lowest BCUT2D eigenvalue weighted by Crippen LogP contribution is -2.42. The van der Waals surface area contributed by atoms with E-state index in [1.807, 2.05) is 6.20 Å². The SMILES string of the molecule is CC(=O)N[C@H]1CCN(Cc2ncc[nH]2)CC[C@@H]1O. The highest BCUT2D eigenvalue weighted by Gasteiger charge is 2.25. The fourth-order valence-electron chi connectivity index (χ4n) is 2.33. The van der Waals surface area contributed by atoms with E-state index >= 15 is 0 Å². The van der Waals surface area contributed by atoms with Gasteiger partial charge >= 0.3 is 0 Å².